The highest BCUT2D eigenvalue weighted by Crippen LogP contribution is 2.42. The second-order valence-corrected chi connectivity index (χ2v) is 5.22. The van der Waals surface area contributed by atoms with Gasteiger partial charge in [-0.3, -0.25) is 10.1 Å². The normalized spacial score (nSPS) is 12.1. The minimum Gasteiger partial charge on any atom is -0.478 e. The summed E-state index contributed by atoms with van der Waals surface area (Å²) in [5.74, 6) is -4.38. The van der Waals surface area contributed by atoms with Crippen LogP contribution < -0.4 is 5.43 Å². The van der Waals surface area contributed by atoms with E-state index in [1.54, 1.807) is 0 Å². The molecule has 0 aromatic carbocycles. The monoisotopic (exact) mass is 399 g/mol. The van der Waals surface area contributed by atoms with Crippen molar-refractivity contribution in [2.24, 2.45) is 0 Å². The summed E-state index contributed by atoms with van der Waals surface area (Å²) in [4.78, 5) is 25.3. The molecule has 0 aliphatic carbocycles. The SMILES string of the molecule is O=C(O)c1c(C(F)(F)F)nc(C(F)(F)Cl)c(C(=O)O)c1Nn1cccc1. The van der Waals surface area contributed by atoms with Crippen LogP contribution in [0.5, 0.6) is 0 Å². The van der Waals surface area contributed by atoms with Crippen molar-refractivity contribution in [2.45, 2.75) is 11.6 Å². The largest absolute Gasteiger partial charge is 0.478 e. The molecule has 0 aliphatic heterocycles. The average molecular weight is 400 g/mol. The molecule has 0 saturated heterocycles. The number of carboxylic acid groups (broad SMARTS) is 2. The van der Waals surface area contributed by atoms with Gasteiger partial charge in [0, 0.05) is 12.4 Å². The van der Waals surface area contributed by atoms with E-state index in [2.05, 4.69) is 4.98 Å². The first-order valence-corrected chi connectivity index (χ1v) is 6.80. The van der Waals surface area contributed by atoms with Gasteiger partial charge in [0.2, 0.25) is 0 Å². The Morgan fingerprint density at radius 1 is 1.00 bits per heavy atom. The number of carboxylic acids is 2. The molecule has 0 spiro atoms. The smallest absolute Gasteiger partial charge is 0.434 e. The maximum absolute atomic E-state index is 13.5. The van der Waals surface area contributed by atoms with Gasteiger partial charge in [0.25, 0.3) is 0 Å². The van der Waals surface area contributed by atoms with Crippen molar-refractivity contribution >= 4 is 29.2 Å². The number of hydrogen-bond donors (Lipinski definition) is 3. The van der Waals surface area contributed by atoms with Gasteiger partial charge in [0.1, 0.15) is 16.8 Å². The number of nitrogens with one attached hydrogen (secondary N) is 1. The molecule has 13 heteroatoms. The number of carbonyl (C=O) groups is 2. The molecule has 0 aliphatic rings. The van der Waals surface area contributed by atoms with Gasteiger partial charge in [-0.1, -0.05) is 0 Å². The maximum Gasteiger partial charge on any atom is 0.434 e. The van der Waals surface area contributed by atoms with Crippen molar-refractivity contribution in [1.82, 2.24) is 9.66 Å². The number of aromatic nitrogens is 2. The molecule has 26 heavy (non-hydrogen) atoms. The highest BCUT2D eigenvalue weighted by atomic mass is 35.5. The molecule has 0 unspecified atom stereocenters. The van der Waals surface area contributed by atoms with Crippen LogP contribution in [-0.2, 0) is 11.6 Å². The van der Waals surface area contributed by atoms with Gasteiger partial charge in [-0.05, 0) is 23.7 Å². The molecular weight excluding hydrogens is 393 g/mol. The highest BCUT2D eigenvalue weighted by molar-refractivity contribution is 6.22. The van der Waals surface area contributed by atoms with E-state index in [9.17, 15) is 36.6 Å². The van der Waals surface area contributed by atoms with E-state index in [1.807, 2.05) is 5.43 Å². The van der Waals surface area contributed by atoms with Gasteiger partial charge in [-0.2, -0.15) is 22.0 Å². The molecule has 7 nitrogen and oxygen atoms in total. The second kappa shape index (κ2) is 6.44. The Morgan fingerprint density at radius 3 is 1.85 bits per heavy atom. The van der Waals surface area contributed by atoms with Crippen LogP contribution in [0.1, 0.15) is 32.1 Å². The molecule has 0 bridgehead atoms. The average Bonchev–Trinajstić information content (AvgIpc) is 2.96. The number of alkyl halides is 6. The number of halogens is 6. The lowest BCUT2D eigenvalue weighted by Gasteiger charge is -2.21. The molecule has 0 fully saturated rings. The Hall–Kier alpha value is -2.89. The molecule has 2 aromatic heterocycles. The van der Waals surface area contributed by atoms with Crippen LogP contribution in [0.3, 0.4) is 0 Å². The van der Waals surface area contributed by atoms with E-state index >= 15 is 0 Å². The Morgan fingerprint density at radius 2 is 1.46 bits per heavy atom. The molecule has 140 valence electrons. The fourth-order valence-corrected chi connectivity index (χ4v) is 2.20. The highest BCUT2D eigenvalue weighted by Gasteiger charge is 2.46. The first kappa shape index (κ1) is 19.4. The second-order valence-electron chi connectivity index (χ2n) is 4.74. The fraction of sp³-hybridized carbons (Fsp3) is 0.154. The molecule has 0 atom stereocenters. The van der Waals surface area contributed by atoms with Crippen LogP contribution in [0.4, 0.5) is 27.6 Å². The quantitative estimate of drug-likeness (QED) is 0.525. The summed E-state index contributed by atoms with van der Waals surface area (Å²) in [6.45, 7) is 0. The Labute approximate surface area is 145 Å². The van der Waals surface area contributed by atoms with Gasteiger partial charge in [0.15, 0.2) is 5.69 Å². The van der Waals surface area contributed by atoms with Crippen molar-refractivity contribution in [1.29, 1.82) is 0 Å². The van der Waals surface area contributed by atoms with Crippen molar-refractivity contribution in [3.63, 3.8) is 0 Å². The van der Waals surface area contributed by atoms with Crippen LogP contribution in [-0.4, -0.2) is 31.8 Å². The zero-order valence-electron chi connectivity index (χ0n) is 12.2. The molecule has 0 amide bonds. The minimum absolute atomic E-state index is 0.866. The lowest BCUT2D eigenvalue weighted by atomic mass is 10.0. The number of hydrogen-bond acceptors (Lipinski definition) is 4. The van der Waals surface area contributed by atoms with E-state index in [4.69, 9.17) is 16.7 Å². The lowest BCUT2D eigenvalue weighted by molar-refractivity contribution is -0.142. The summed E-state index contributed by atoms with van der Waals surface area (Å²) in [5.41, 5.74) is -6.54. The zero-order valence-corrected chi connectivity index (χ0v) is 12.9. The predicted octanol–water partition coefficient (Wildman–Crippen LogP) is 3.46. The van der Waals surface area contributed by atoms with E-state index in [1.165, 1.54) is 24.5 Å². The lowest BCUT2D eigenvalue weighted by Crippen LogP contribution is -2.27. The summed E-state index contributed by atoms with van der Waals surface area (Å²) in [7, 11) is 0. The van der Waals surface area contributed by atoms with Crippen LogP contribution in [0.25, 0.3) is 0 Å². The van der Waals surface area contributed by atoms with Crippen LogP contribution in [0.15, 0.2) is 24.5 Å². The number of pyridine rings is 1. The summed E-state index contributed by atoms with van der Waals surface area (Å²) in [5, 5.41) is 13.7. The van der Waals surface area contributed by atoms with Crippen LogP contribution in [0, 0.1) is 0 Å². The third-order valence-electron chi connectivity index (χ3n) is 3.01. The van der Waals surface area contributed by atoms with E-state index < -0.39 is 51.7 Å². The summed E-state index contributed by atoms with van der Waals surface area (Å²) in [6, 6.07) is 2.72. The molecule has 0 saturated carbocycles. The Kier molecular flexibility index (Phi) is 4.82. The van der Waals surface area contributed by atoms with Crippen molar-refractivity contribution < 1.29 is 41.8 Å². The molecular formula is C13H7ClF5N3O4. The Bertz CT molecular complexity index is 812. The number of nitrogens with zero attached hydrogens (tertiary/aromatic N) is 2. The van der Waals surface area contributed by atoms with Gasteiger partial charge in [-0.15, -0.1) is 0 Å². The van der Waals surface area contributed by atoms with E-state index in [0.29, 0.717) is 0 Å². The maximum atomic E-state index is 13.5. The number of rotatable bonds is 5. The standard InChI is InChI=1S/C13H7ClF5N3O4/c14-12(15,16)8-5(10(23)24)7(21-22-3-1-2-4-22)6(11(25)26)9(20-8)13(17,18)19/h1-4H,(H,20,21)(H,23,24)(H,25,26). The third kappa shape index (κ3) is 3.69. The van der Waals surface area contributed by atoms with Gasteiger partial charge < -0.3 is 10.2 Å². The molecule has 0 radical (unpaired) electrons. The predicted molar refractivity (Wildman–Crippen MR) is 76.4 cm³/mol. The van der Waals surface area contributed by atoms with Crippen molar-refractivity contribution in [3.05, 3.63) is 47.0 Å². The van der Waals surface area contributed by atoms with Gasteiger partial charge in [-0.25, -0.2) is 14.6 Å². The van der Waals surface area contributed by atoms with Crippen LogP contribution >= 0.6 is 11.6 Å². The number of aromatic carboxylic acids is 2. The summed E-state index contributed by atoms with van der Waals surface area (Å²) in [6.07, 6.45) is -3.14. The summed E-state index contributed by atoms with van der Waals surface area (Å²) >= 11 is 4.71. The van der Waals surface area contributed by atoms with Crippen molar-refractivity contribution in [2.75, 3.05) is 5.43 Å². The van der Waals surface area contributed by atoms with Gasteiger partial charge >= 0.3 is 23.5 Å². The number of anilines is 1. The van der Waals surface area contributed by atoms with Crippen molar-refractivity contribution in [3.8, 4) is 0 Å². The van der Waals surface area contributed by atoms with Gasteiger partial charge in [0.05, 0.1) is 5.69 Å². The first-order chi connectivity index (χ1) is 11.8. The van der Waals surface area contributed by atoms with Crippen LogP contribution in [0.2, 0.25) is 0 Å². The summed E-state index contributed by atoms with van der Waals surface area (Å²) < 4.78 is 67.4. The fourth-order valence-electron chi connectivity index (χ4n) is 2.06. The zero-order chi connectivity index (χ0) is 19.9. The Balaban J connectivity index is 2.99. The van der Waals surface area contributed by atoms with E-state index in [-0.39, 0.29) is 0 Å². The molecule has 2 heterocycles. The topological polar surface area (TPSA) is 104 Å². The van der Waals surface area contributed by atoms with E-state index in [0.717, 1.165) is 4.68 Å². The molecule has 2 rings (SSSR count). The third-order valence-corrected chi connectivity index (χ3v) is 3.19. The molecule has 2 aromatic rings. The first-order valence-electron chi connectivity index (χ1n) is 6.43. The molecule has 3 N–H and O–H groups in total. The minimum atomic E-state index is -5.48.